The number of unbranched alkanes of at least 4 members (excludes halogenated alkanes) is 4. The van der Waals surface area contributed by atoms with E-state index in [9.17, 15) is 4.79 Å². The van der Waals surface area contributed by atoms with Crippen LogP contribution < -0.4 is 5.32 Å². The van der Waals surface area contributed by atoms with Crippen LogP contribution in [0.5, 0.6) is 0 Å². The molecule has 0 aromatic heterocycles. The quantitative estimate of drug-likeness (QED) is 0.693. The van der Waals surface area contributed by atoms with Crippen LogP contribution in [0.3, 0.4) is 0 Å². The zero-order valence-corrected chi connectivity index (χ0v) is 9.74. The molecular formula is C14H20NO. The van der Waals surface area contributed by atoms with E-state index in [2.05, 4.69) is 12.2 Å². The van der Waals surface area contributed by atoms with E-state index in [1.807, 2.05) is 30.3 Å². The monoisotopic (exact) mass is 218 g/mol. The molecule has 2 nitrogen and oxygen atoms in total. The molecule has 1 N–H and O–H groups in total. The minimum atomic E-state index is 0.112. The summed E-state index contributed by atoms with van der Waals surface area (Å²) in [5.74, 6) is 0.112. The van der Waals surface area contributed by atoms with Crippen LogP contribution in [-0.2, 0) is 4.79 Å². The lowest BCUT2D eigenvalue weighted by Gasteiger charge is -2.04. The van der Waals surface area contributed by atoms with Gasteiger partial charge in [0.2, 0.25) is 5.91 Å². The summed E-state index contributed by atoms with van der Waals surface area (Å²) in [4.78, 5) is 11.5. The Morgan fingerprint density at radius 1 is 1.06 bits per heavy atom. The number of benzene rings is 1. The van der Waals surface area contributed by atoms with Crippen LogP contribution in [0.4, 0.5) is 5.69 Å². The second-order valence-corrected chi connectivity index (χ2v) is 3.93. The Hall–Kier alpha value is -1.31. The third-order valence-corrected chi connectivity index (χ3v) is 2.46. The van der Waals surface area contributed by atoms with Crippen molar-refractivity contribution in [3.63, 3.8) is 0 Å². The van der Waals surface area contributed by atoms with Crippen LogP contribution in [0.15, 0.2) is 30.3 Å². The first-order valence-electron chi connectivity index (χ1n) is 5.97. The van der Waals surface area contributed by atoms with Gasteiger partial charge in [-0.25, -0.2) is 0 Å². The van der Waals surface area contributed by atoms with Crippen molar-refractivity contribution in [2.75, 3.05) is 5.32 Å². The standard InChI is InChI=1S/C14H20NO/c1-2-3-4-5-9-12-14(16)15-13-10-7-6-8-11-13/h6-8,10-11H,1-5,9,12H2,(H,15,16). The molecule has 1 amide bonds. The van der Waals surface area contributed by atoms with Crippen LogP contribution in [0, 0.1) is 6.92 Å². The van der Waals surface area contributed by atoms with Crippen molar-refractivity contribution in [2.24, 2.45) is 0 Å². The van der Waals surface area contributed by atoms with Crippen LogP contribution in [0.25, 0.3) is 0 Å². The number of amides is 1. The number of carbonyl (C=O) groups is 1. The van der Waals surface area contributed by atoms with E-state index in [0.29, 0.717) is 6.42 Å². The van der Waals surface area contributed by atoms with Crippen molar-refractivity contribution in [2.45, 2.75) is 38.5 Å². The Kier molecular flexibility index (Phi) is 6.31. The fraction of sp³-hybridized carbons (Fsp3) is 0.429. The minimum Gasteiger partial charge on any atom is -0.326 e. The molecule has 2 heteroatoms. The Bertz CT molecular complexity index is 295. The van der Waals surface area contributed by atoms with Gasteiger partial charge in [-0.1, -0.05) is 50.8 Å². The van der Waals surface area contributed by atoms with Gasteiger partial charge < -0.3 is 5.32 Å². The predicted octanol–water partition coefficient (Wildman–Crippen LogP) is 3.80. The lowest BCUT2D eigenvalue weighted by atomic mass is 10.1. The van der Waals surface area contributed by atoms with Crippen molar-refractivity contribution in [1.29, 1.82) is 0 Å². The van der Waals surface area contributed by atoms with Gasteiger partial charge in [0.15, 0.2) is 0 Å². The highest BCUT2D eigenvalue weighted by atomic mass is 16.1. The van der Waals surface area contributed by atoms with Gasteiger partial charge in [-0.05, 0) is 18.6 Å². The summed E-state index contributed by atoms with van der Waals surface area (Å²) in [5.41, 5.74) is 0.880. The average molecular weight is 218 g/mol. The molecule has 87 valence electrons. The summed E-state index contributed by atoms with van der Waals surface area (Å²) in [6.45, 7) is 3.79. The molecule has 0 aliphatic heterocycles. The summed E-state index contributed by atoms with van der Waals surface area (Å²) < 4.78 is 0. The average Bonchev–Trinajstić information content (AvgIpc) is 2.30. The number of hydrogen-bond donors (Lipinski definition) is 1. The van der Waals surface area contributed by atoms with Crippen LogP contribution in [-0.4, -0.2) is 5.91 Å². The van der Waals surface area contributed by atoms with Gasteiger partial charge >= 0.3 is 0 Å². The maximum atomic E-state index is 11.5. The molecule has 1 rings (SSSR count). The molecule has 0 fully saturated rings. The molecule has 0 unspecified atom stereocenters. The fourth-order valence-corrected chi connectivity index (χ4v) is 1.56. The van der Waals surface area contributed by atoms with Crippen molar-refractivity contribution in [3.05, 3.63) is 37.3 Å². The van der Waals surface area contributed by atoms with Crippen LogP contribution in [0.1, 0.15) is 38.5 Å². The molecule has 1 aromatic rings. The highest BCUT2D eigenvalue weighted by Crippen LogP contribution is 2.08. The van der Waals surface area contributed by atoms with Crippen molar-refractivity contribution >= 4 is 11.6 Å². The topological polar surface area (TPSA) is 29.1 Å². The van der Waals surface area contributed by atoms with Crippen LogP contribution in [0.2, 0.25) is 0 Å². The normalized spacial score (nSPS) is 10.1. The molecule has 1 aromatic carbocycles. The molecular weight excluding hydrogens is 198 g/mol. The number of hydrogen-bond acceptors (Lipinski definition) is 1. The van der Waals surface area contributed by atoms with Gasteiger partial charge in [-0.2, -0.15) is 0 Å². The Labute approximate surface area is 98.1 Å². The number of anilines is 1. The molecule has 0 saturated heterocycles. The number of rotatable bonds is 7. The number of nitrogens with one attached hydrogen (secondary N) is 1. The molecule has 0 bridgehead atoms. The lowest BCUT2D eigenvalue weighted by molar-refractivity contribution is -0.116. The van der Waals surface area contributed by atoms with Gasteiger partial charge in [-0.3, -0.25) is 4.79 Å². The van der Waals surface area contributed by atoms with Gasteiger partial charge in [0.05, 0.1) is 0 Å². The SMILES string of the molecule is [CH2]CCCCCCC(=O)Nc1ccccc1. The molecule has 1 radical (unpaired) electrons. The maximum Gasteiger partial charge on any atom is 0.224 e. The Balaban J connectivity index is 2.12. The Morgan fingerprint density at radius 3 is 2.44 bits per heavy atom. The highest BCUT2D eigenvalue weighted by Gasteiger charge is 2.00. The van der Waals surface area contributed by atoms with E-state index in [0.717, 1.165) is 24.9 Å². The third kappa shape index (κ3) is 5.54. The predicted molar refractivity (Wildman–Crippen MR) is 68.1 cm³/mol. The summed E-state index contributed by atoms with van der Waals surface area (Å²) >= 11 is 0. The van der Waals surface area contributed by atoms with E-state index in [4.69, 9.17) is 0 Å². The fourth-order valence-electron chi connectivity index (χ4n) is 1.56. The molecule has 0 aliphatic carbocycles. The van der Waals surface area contributed by atoms with Gasteiger partial charge in [0, 0.05) is 12.1 Å². The molecule has 0 saturated carbocycles. The van der Waals surface area contributed by atoms with Crippen molar-refractivity contribution < 1.29 is 4.79 Å². The minimum absolute atomic E-state index is 0.112. The smallest absolute Gasteiger partial charge is 0.224 e. The van der Waals surface area contributed by atoms with Gasteiger partial charge in [0.25, 0.3) is 0 Å². The van der Waals surface area contributed by atoms with Crippen LogP contribution >= 0.6 is 0 Å². The largest absolute Gasteiger partial charge is 0.326 e. The first-order chi connectivity index (χ1) is 7.83. The highest BCUT2D eigenvalue weighted by molar-refractivity contribution is 5.90. The number of para-hydroxylation sites is 1. The third-order valence-electron chi connectivity index (χ3n) is 2.46. The zero-order chi connectivity index (χ0) is 11.6. The van der Waals surface area contributed by atoms with Crippen molar-refractivity contribution in [3.8, 4) is 0 Å². The number of carbonyl (C=O) groups excluding carboxylic acids is 1. The molecule has 0 heterocycles. The van der Waals surface area contributed by atoms with E-state index in [1.165, 1.54) is 12.8 Å². The zero-order valence-electron chi connectivity index (χ0n) is 9.74. The summed E-state index contributed by atoms with van der Waals surface area (Å²) in [6, 6.07) is 9.59. The van der Waals surface area contributed by atoms with E-state index in [-0.39, 0.29) is 5.91 Å². The maximum absolute atomic E-state index is 11.5. The van der Waals surface area contributed by atoms with Gasteiger partial charge in [0.1, 0.15) is 0 Å². The summed E-state index contributed by atoms with van der Waals surface area (Å²) in [5, 5.41) is 2.88. The second kappa shape index (κ2) is 7.91. The van der Waals surface area contributed by atoms with Crippen molar-refractivity contribution in [1.82, 2.24) is 0 Å². The summed E-state index contributed by atoms with van der Waals surface area (Å²) in [6.07, 6.45) is 6.06. The Morgan fingerprint density at radius 2 is 1.75 bits per heavy atom. The van der Waals surface area contributed by atoms with E-state index in [1.54, 1.807) is 0 Å². The van der Waals surface area contributed by atoms with E-state index < -0.39 is 0 Å². The molecule has 0 atom stereocenters. The molecule has 16 heavy (non-hydrogen) atoms. The second-order valence-electron chi connectivity index (χ2n) is 3.93. The first kappa shape index (κ1) is 12.8. The van der Waals surface area contributed by atoms with E-state index >= 15 is 0 Å². The van der Waals surface area contributed by atoms with Gasteiger partial charge in [-0.15, -0.1) is 0 Å². The molecule has 0 spiro atoms. The molecule has 0 aliphatic rings. The summed E-state index contributed by atoms with van der Waals surface area (Å²) in [7, 11) is 0. The first-order valence-corrected chi connectivity index (χ1v) is 5.97. The lowest BCUT2D eigenvalue weighted by Crippen LogP contribution is -2.10.